The summed E-state index contributed by atoms with van der Waals surface area (Å²) in [6, 6.07) is 9.76. The second-order valence-corrected chi connectivity index (χ2v) is 7.09. The molecule has 0 N–H and O–H groups in total. The Balaban J connectivity index is 1.77. The van der Waals surface area contributed by atoms with Crippen LogP contribution in [0.3, 0.4) is 0 Å². The summed E-state index contributed by atoms with van der Waals surface area (Å²) in [6.07, 6.45) is 9.82. The Morgan fingerprint density at radius 3 is 3.04 bits per heavy atom. The van der Waals surface area contributed by atoms with Crippen LogP contribution in [0.25, 0.3) is 0 Å². The van der Waals surface area contributed by atoms with Gasteiger partial charge in [-0.05, 0) is 18.4 Å². The van der Waals surface area contributed by atoms with Gasteiger partial charge in [0.15, 0.2) is 4.32 Å². The van der Waals surface area contributed by atoms with Gasteiger partial charge in [-0.25, -0.2) is 5.01 Å². The molecule has 4 nitrogen and oxygen atoms in total. The first-order valence-corrected chi connectivity index (χ1v) is 9.12. The molecule has 6 heteroatoms. The minimum atomic E-state index is -0.546. The molecular formula is C17H18N2O2S2. The van der Waals surface area contributed by atoms with Crippen LogP contribution in [0, 0.1) is 5.41 Å². The molecule has 2 bridgehead atoms. The molecule has 1 aliphatic heterocycles. The highest BCUT2D eigenvalue weighted by Crippen LogP contribution is 2.42. The minimum Gasteiger partial charge on any atom is -0.461 e. The Bertz CT molecular complexity index is 660. The van der Waals surface area contributed by atoms with Crippen LogP contribution in [0.2, 0.25) is 0 Å². The molecule has 1 aromatic carbocycles. The second kappa shape index (κ2) is 6.84. The lowest BCUT2D eigenvalue weighted by Crippen LogP contribution is -2.27. The molecule has 0 amide bonds. The Kier molecular flexibility index (Phi) is 4.82. The van der Waals surface area contributed by atoms with E-state index in [1.165, 1.54) is 11.8 Å². The van der Waals surface area contributed by atoms with Crippen molar-refractivity contribution >= 4 is 46.2 Å². The number of thiocarbonyl (C=S) groups is 1. The fraction of sp³-hybridized carbons (Fsp3) is 0.353. The van der Waals surface area contributed by atoms with Crippen molar-refractivity contribution in [3.8, 4) is 0 Å². The maximum atomic E-state index is 12.1. The smallest absolute Gasteiger partial charge is 0.316 e. The van der Waals surface area contributed by atoms with Crippen LogP contribution in [0.1, 0.15) is 19.3 Å². The summed E-state index contributed by atoms with van der Waals surface area (Å²) in [7, 11) is 0. The molecule has 2 atom stereocenters. The summed E-state index contributed by atoms with van der Waals surface area (Å²) in [5, 5.41) is 6.23. The topological polar surface area (TPSA) is 41.9 Å². The molecule has 0 radical (unpaired) electrons. The van der Waals surface area contributed by atoms with E-state index in [0.717, 1.165) is 18.5 Å². The summed E-state index contributed by atoms with van der Waals surface area (Å²) < 4.78 is 6.06. The highest BCUT2D eigenvalue weighted by atomic mass is 32.2. The Morgan fingerprint density at radius 1 is 1.52 bits per heavy atom. The molecule has 1 aliphatic carbocycles. The van der Waals surface area contributed by atoms with Crippen molar-refractivity contribution in [3.05, 3.63) is 42.5 Å². The van der Waals surface area contributed by atoms with E-state index in [1.807, 2.05) is 48.7 Å². The maximum absolute atomic E-state index is 12.1. The molecular weight excluding hydrogens is 328 g/mol. The van der Waals surface area contributed by atoms with E-state index in [0.29, 0.717) is 10.7 Å². The number of nitrogens with zero attached hydrogens (tertiary/aromatic N) is 2. The number of carbonyl (C=O) groups excluding carboxylic acids is 1. The van der Waals surface area contributed by atoms with E-state index in [9.17, 15) is 4.79 Å². The van der Waals surface area contributed by atoms with Gasteiger partial charge in [-0.3, -0.25) is 4.79 Å². The monoisotopic (exact) mass is 346 g/mol. The number of ether oxygens (including phenoxy) is 1. The molecule has 0 aromatic heterocycles. The molecule has 0 spiro atoms. The molecule has 0 saturated carbocycles. The molecule has 23 heavy (non-hydrogen) atoms. The number of para-hydroxylation sites is 1. The summed E-state index contributed by atoms with van der Waals surface area (Å²) in [4.78, 5) is 12.1. The molecule has 1 heterocycles. The highest BCUT2D eigenvalue weighted by molar-refractivity contribution is 8.22. The quantitative estimate of drug-likeness (QED) is 0.273. The third-order valence-corrected chi connectivity index (χ3v) is 5.30. The van der Waals surface area contributed by atoms with E-state index in [1.54, 1.807) is 11.2 Å². The Hall–Kier alpha value is -1.66. The van der Waals surface area contributed by atoms with Gasteiger partial charge in [0, 0.05) is 25.5 Å². The third-order valence-electron chi connectivity index (χ3n) is 4.11. The highest BCUT2D eigenvalue weighted by Gasteiger charge is 2.48. The standard InChI is InChI=1S/C17H18N2O2S2/c1-23-16(22)19(13-6-3-2-4-7-13)18-11-10-17-9-5-8-14(12-17)21-15(17)20/h2-7,9,11,14H,8,10,12H2,1H3/b18-11+. The number of fused-ring (bicyclic) bond motifs is 2. The van der Waals surface area contributed by atoms with Gasteiger partial charge < -0.3 is 4.74 Å². The lowest BCUT2D eigenvalue weighted by Gasteiger charge is -2.22. The van der Waals surface area contributed by atoms with Gasteiger partial charge in [0.2, 0.25) is 0 Å². The van der Waals surface area contributed by atoms with Crippen LogP contribution in [-0.2, 0) is 9.53 Å². The SMILES string of the molecule is CSC(=S)N(/N=C/CC12C=CCC(C1)OC2=O)c1ccccc1. The molecule has 2 aliphatic rings. The van der Waals surface area contributed by atoms with Crippen molar-refractivity contribution in [1.82, 2.24) is 0 Å². The molecule has 3 rings (SSSR count). The molecule has 120 valence electrons. The Morgan fingerprint density at radius 2 is 2.30 bits per heavy atom. The first-order chi connectivity index (χ1) is 11.1. The van der Waals surface area contributed by atoms with Gasteiger partial charge in [-0.1, -0.05) is 54.3 Å². The molecule has 1 fully saturated rings. The van der Waals surface area contributed by atoms with Gasteiger partial charge in [-0.2, -0.15) is 5.10 Å². The third kappa shape index (κ3) is 3.33. The van der Waals surface area contributed by atoms with Crippen molar-refractivity contribution in [3.63, 3.8) is 0 Å². The van der Waals surface area contributed by atoms with Gasteiger partial charge in [0.25, 0.3) is 0 Å². The van der Waals surface area contributed by atoms with Crippen molar-refractivity contribution in [2.24, 2.45) is 10.5 Å². The first kappa shape index (κ1) is 16.2. The zero-order valence-corrected chi connectivity index (χ0v) is 14.5. The van der Waals surface area contributed by atoms with Crippen LogP contribution >= 0.6 is 24.0 Å². The number of hydrazone groups is 1. The number of esters is 1. The van der Waals surface area contributed by atoms with E-state index in [-0.39, 0.29) is 12.1 Å². The first-order valence-electron chi connectivity index (χ1n) is 7.49. The number of benzene rings is 1. The van der Waals surface area contributed by atoms with Crippen molar-refractivity contribution in [2.75, 3.05) is 11.3 Å². The van der Waals surface area contributed by atoms with Crippen LogP contribution in [0.4, 0.5) is 5.69 Å². The van der Waals surface area contributed by atoms with Crippen LogP contribution < -0.4 is 5.01 Å². The van der Waals surface area contributed by atoms with Crippen LogP contribution in [0.5, 0.6) is 0 Å². The molecule has 1 saturated heterocycles. The van der Waals surface area contributed by atoms with Crippen LogP contribution in [0.15, 0.2) is 47.6 Å². The van der Waals surface area contributed by atoms with Gasteiger partial charge in [0.1, 0.15) is 6.10 Å². The molecule has 2 unspecified atom stereocenters. The predicted octanol–water partition coefficient (Wildman–Crippen LogP) is 3.78. The summed E-state index contributed by atoms with van der Waals surface area (Å²) in [6.45, 7) is 0. The largest absolute Gasteiger partial charge is 0.461 e. The fourth-order valence-electron chi connectivity index (χ4n) is 2.91. The van der Waals surface area contributed by atoms with Gasteiger partial charge in [0.05, 0.1) is 11.1 Å². The normalized spacial score (nSPS) is 25.6. The van der Waals surface area contributed by atoms with Crippen LogP contribution in [-0.4, -0.2) is 28.9 Å². The Labute approximate surface area is 145 Å². The van der Waals surface area contributed by atoms with E-state index < -0.39 is 5.41 Å². The van der Waals surface area contributed by atoms with Gasteiger partial charge in [-0.15, -0.1) is 0 Å². The van der Waals surface area contributed by atoms with Gasteiger partial charge >= 0.3 is 5.97 Å². The lowest BCUT2D eigenvalue weighted by molar-refractivity contribution is -0.146. The lowest BCUT2D eigenvalue weighted by atomic mass is 9.78. The maximum Gasteiger partial charge on any atom is 0.316 e. The zero-order valence-electron chi connectivity index (χ0n) is 12.8. The number of thioether (sulfide) groups is 1. The minimum absolute atomic E-state index is 0.0263. The van der Waals surface area contributed by atoms with Crippen molar-refractivity contribution < 1.29 is 9.53 Å². The predicted molar refractivity (Wildman–Crippen MR) is 98.8 cm³/mol. The van der Waals surface area contributed by atoms with E-state index in [4.69, 9.17) is 17.0 Å². The molecule has 1 aromatic rings. The van der Waals surface area contributed by atoms with E-state index >= 15 is 0 Å². The van der Waals surface area contributed by atoms with Crippen molar-refractivity contribution in [1.29, 1.82) is 0 Å². The number of anilines is 1. The van der Waals surface area contributed by atoms with E-state index in [2.05, 4.69) is 5.10 Å². The zero-order chi connectivity index (χ0) is 16.3. The number of carbonyl (C=O) groups is 1. The summed E-state index contributed by atoms with van der Waals surface area (Å²) in [5.74, 6) is -0.138. The number of hydrogen-bond donors (Lipinski definition) is 0. The fourth-order valence-corrected chi connectivity index (χ4v) is 3.39. The summed E-state index contributed by atoms with van der Waals surface area (Å²) in [5.41, 5.74) is 0.363. The average molecular weight is 346 g/mol. The number of rotatable bonds is 4. The average Bonchev–Trinajstić information content (AvgIpc) is 2.80. The second-order valence-electron chi connectivity index (χ2n) is 5.65. The number of hydrogen-bond acceptors (Lipinski definition) is 5. The summed E-state index contributed by atoms with van der Waals surface area (Å²) >= 11 is 6.85. The van der Waals surface area contributed by atoms with Crippen molar-refractivity contribution in [2.45, 2.75) is 25.4 Å².